The standard InChI is InChI=1S/C24H23ClN4O/c1-15-19(13-17-12-18(25)9-10-20(17)26-15)24(30)29-11-5-6-16(14-29)23-27-21-7-3-4-8-22(21)28(23)2/h3-4,7-10,12-13,16H,5-6,11,14H2,1-2H3/t16-/m0/s1. The molecule has 1 aliphatic rings. The van der Waals surface area contributed by atoms with Crippen LogP contribution in [-0.2, 0) is 7.05 Å². The third-order valence-corrected chi connectivity index (χ3v) is 6.33. The highest BCUT2D eigenvalue weighted by Crippen LogP contribution is 2.30. The van der Waals surface area contributed by atoms with Gasteiger partial charge in [-0.3, -0.25) is 9.78 Å². The van der Waals surface area contributed by atoms with E-state index in [-0.39, 0.29) is 11.8 Å². The second-order valence-corrected chi connectivity index (χ2v) is 8.50. The maximum absolute atomic E-state index is 13.4. The Morgan fingerprint density at radius 3 is 2.77 bits per heavy atom. The van der Waals surface area contributed by atoms with Gasteiger partial charge in [0, 0.05) is 36.5 Å². The first-order chi connectivity index (χ1) is 14.5. The van der Waals surface area contributed by atoms with Gasteiger partial charge in [-0.2, -0.15) is 0 Å². The molecule has 30 heavy (non-hydrogen) atoms. The number of aryl methyl sites for hydroxylation is 2. The molecule has 1 atom stereocenters. The summed E-state index contributed by atoms with van der Waals surface area (Å²) in [6, 6.07) is 15.7. The fourth-order valence-corrected chi connectivity index (χ4v) is 4.71. The van der Waals surface area contributed by atoms with Crippen molar-refractivity contribution in [2.45, 2.75) is 25.7 Å². The van der Waals surface area contributed by atoms with Gasteiger partial charge in [-0.25, -0.2) is 4.98 Å². The number of hydrogen-bond acceptors (Lipinski definition) is 3. The van der Waals surface area contributed by atoms with Crippen LogP contribution in [0.2, 0.25) is 5.02 Å². The van der Waals surface area contributed by atoms with Gasteiger partial charge in [-0.15, -0.1) is 0 Å². The van der Waals surface area contributed by atoms with Crippen molar-refractivity contribution in [2.24, 2.45) is 7.05 Å². The molecule has 2 aromatic carbocycles. The van der Waals surface area contributed by atoms with Gasteiger partial charge in [0.15, 0.2) is 0 Å². The van der Waals surface area contributed by atoms with Gasteiger partial charge in [0.05, 0.1) is 27.8 Å². The summed E-state index contributed by atoms with van der Waals surface area (Å²) >= 11 is 6.14. The maximum Gasteiger partial charge on any atom is 0.255 e. The van der Waals surface area contributed by atoms with E-state index in [4.69, 9.17) is 16.6 Å². The van der Waals surface area contributed by atoms with Gasteiger partial charge in [0.2, 0.25) is 0 Å². The van der Waals surface area contributed by atoms with Gasteiger partial charge >= 0.3 is 0 Å². The molecule has 5 nitrogen and oxygen atoms in total. The molecule has 0 N–H and O–H groups in total. The summed E-state index contributed by atoms with van der Waals surface area (Å²) in [5, 5.41) is 1.53. The van der Waals surface area contributed by atoms with E-state index in [2.05, 4.69) is 22.7 Å². The van der Waals surface area contributed by atoms with E-state index < -0.39 is 0 Å². The number of nitrogens with zero attached hydrogens (tertiary/aromatic N) is 4. The molecule has 0 spiro atoms. The van der Waals surface area contributed by atoms with Crippen LogP contribution < -0.4 is 0 Å². The van der Waals surface area contributed by atoms with Crippen LogP contribution in [0.3, 0.4) is 0 Å². The van der Waals surface area contributed by atoms with Crippen molar-refractivity contribution >= 4 is 39.4 Å². The molecule has 5 rings (SSSR count). The van der Waals surface area contributed by atoms with Crippen LogP contribution in [0.5, 0.6) is 0 Å². The van der Waals surface area contributed by atoms with Crippen molar-refractivity contribution in [3.8, 4) is 0 Å². The summed E-state index contributed by atoms with van der Waals surface area (Å²) in [6.45, 7) is 3.32. The minimum absolute atomic E-state index is 0.0327. The zero-order chi connectivity index (χ0) is 20.8. The number of piperidine rings is 1. The molecule has 4 aromatic rings. The number of para-hydroxylation sites is 2. The zero-order valence-electron chi connectivity index (χ0n) is 17.1. The molecular weight excluding hydrogens is 396 g/mol. The number of fused-ring (bicyclic) bond motifs is 2. The fraction of sp³-hybridized carbons (Fsp3) is 0.292. The largest absolute Gasteiger partial charge is 0.338 e. The van der Waals surface area contributed by atoms with Crippen LogP contribution in [0.15, 0.2) is 48.5 Å². The van der Waals surface area contributed by atoms with Gasteiger partial charge in [-0.05, 0) is 56.2 Å². The predicted molar refractivity (Wildman–Crippen MR) is 120 cm³/mol. The monoisotopic (exact) mass is 418 g/mol. The maximum atomic E-state index is 13.4. The summed E-state index contributed by atoms with van der Waals surface area (Å²) in [4.78, 5) is 24.9. The molecule has 1 aliphatic heterocycles. The Morgan fingerprint density at radius 2 is 1.93 bits per heavy atom. The number of halogens is 1. The Balaban J connectivity index is 1.46. The molecule has 2 aromatic heterocycles. The van der Waals surface area contributed by atoms with Gasteiger partial charge in [-0.1, -0.05) is 23.7 Å². The molecule has 3 heterocycles. The van der Waals surface area contributed by atoms with Crippen molar-refractivity contribution in [3.63, 3.8) is 0 Å². The normalized spacial score (nSPS) is 17.0. The van der Waals surface area contributed by atoms with Crippen LogP contribution in [-0.4, -0.2) is 38.4 Å². The molecule has 0 unspecified atom stereocenters. The van der Waals surface area contributed by atoms with Crippen LogP contribution in [0.4, 0.5) is 0 Å². The van der Waals surface area contributed by atoms with Crippen molar-refractivity contribution < 1.29 is 4.79 Å². The number of likely N-dealkylation sites (tertiary alicyclic amines) is 1. The summed E-state index contributed by atoms with van der Waals surface area (Å²) in [7, 11) is 2.06. The lowest BCUT2D eigenvalue weighted by molar-refractivity contribution is 0.0702. The molecular formula is C24H23ClN4O. The predicted octanol–water partition coefficient (Wildman–Crippen LogP) is 5.10. The van der Waals surface area contributed by atoms with E-state index in [1.54, 1.807) is 0 Å². The van der Waals surface area contributed by atoms with Crippen LogP contribution >= 0.6 is 11.6 Å². The Labute approximate surface area is 180 Å². The Hall–Kier alpha value is -2.92. The van der Waals surface area contributed by atoms with E-state index in [1.807, 2.05) is 54.3 Å². The number of pyridine rings is 1. The van der Waals surface area contributed by atoms with E-state index in [1.165, 1.54) is 0 Å². The number of amides is 1. The Kier molecular flexibility index (Phi) is 4.70. The van der Waals surface area contributed by atoms with Crippen LogP contribution in [0, 0.1) is 6.92 Å². The molecule has 1 fully saturated rings. The van der Waals surface area contributed by atoms with Crippen molar-refractivity contribution in [3.05, 3.63) is 70.6 Å². The Bertz CT molecular complexity index is 1280. The molecule has 1 saturated heterocycles. The third kappa shape index (κ3) is 3.23. The van der Waals surface area contributed by atoms with E-state index in [9.17, 15) is 4.79 Å². The first-order valence-corrected chi connectivity index (χ1v) is 10.7. The fourth-order valence-electron chi connectivity index (χ4n) is 4.53. The molecule has 6 heteroatoms. The molecule has 152 valence electrons. The van der Waals surface area contributed by atoms with Gasteiger partial charge in [0.1, 0.15) is 5.82 Å². The quantitative estimate of drug-likeness (QED) is 0.455. The highest BCUT2D eigenvalue weighted by atomic mass is 35.5. The van der Waals surface area contributed by atoms with Crippen LogP contribution in [0.25, 0.3) is 21.9 Å². The summed E-state index contributed by atoms with van der Waals surface area (Å²) in [5.41, 5.74) is 4.38. The van der Waals surface area contributed by atoms with E-state index >= 15 is 0 Å². The van der Waals surface area contributed by atoms with E-state index in [0.29, 0.717) is 17.1 Å². The third-order valence-electron chi connectivity index (χ3n) is 6.09. The Morgan fingerprint density at radius 1 is 1.10 bits per heavy atom. The topological polar surface area (TPSA) is 51.0 Å². The first kappa shape index (κ1) is 19.1. The van der Waals surface area contributed by atoms with Gasteiger partial charge in [0.25, 0.3) is 5.91 Å². The van der Waals surface area contributed by atoms with Gasteiger partial charge < -0.3 is 9.47 Å². The smallest absolute Gasteiger partial charge is 0.255 e. The second kappa shape index (κ2) is 7.40. The second-order valence-electron chi connectivity index (χ2n) is 8.07. The van der Waals surface area contributed by atoms with Crippen molar-refractivity contribution in [1.29, 1.82) is 0 Å². The lowest BCUT2D eigenvalue weighted by Crippen LogP contribution is -2.40. The minimum atomic E-state index is 0.0327. The summed E-state index contributed by atoms with van der Waals surface area (Å²) in [5.74, 6) is 1.31. The number of hydrogen-bond donors (Lipinski definition) is 0. The molecule has 1 amide bonds. The molecule has 0 aliphatic carbocycles. The lowest BCUT2D eigenvalue weighted by Gasteiger charge is -2.32. The molecule has 0 saturated carbocycles. The lowest BCUT2D eigenvalue weighted by atomic mass is 9.96. The highest BCUT2D eigenvalue weighted by molar-refractivity contribution is 6.31. The number of aromatic nitrogens is 3. The molecule has 0 radical (unpaired) electrons. The van der Waals surface area contributed by atoms with Crippen LogP contribution in [0.1, 0.15) is 40.6 Å². The summed E-state index contributed by atoms with van der Waals surface area (Å²) in [6.07, 6.45) is 2.00. The number of rotatable bonds is 2. The molecule has 0 bridgehead atoms. The highest BCUT2D eigenvalue weighted by Gasteiger charge is 2.29. The van der Waals surface area contributed by atoms with Crippen molar-refractivity contribution in [1.82, 2.24) is 19.4 Å². The van der Waals surface area contributed by atoms with E-state index in [0.717, 1.165) is 52.8 Å². The number of benzene rings is 2. The summed E-state index contributed by atoms with van der Waals surface area (Å²) < 4.78 is 2.17. The zero-order valence-corrected chi connectivity index (χ0v) is 17.9. The minimum Gasteiger partial charge on any atom is -0.338 e. The average molecular weight is 419 g/mol. The average Bonchev–Trinajstić information content (AvgIpc) is 3.10. The number of carbonyl (C=O) groups is 1. The van der Waals surface area contributed by atoms with Crippen molar-refractivity contribution in [2.75, 3.05) is 13.1 Å². The first-order valence-electron chi connectivity index (χ1n) is 10.3. The SMILES string of the molecule is Cc1nc2ccc(Cl)cc2cc1C(=O)N1CCC[C@H](c2nc3ccccc3n2C)C1. The number of imidazole rings is 1. The number of carbonyl (C=O) groups excluding carboxylic acids is 1.